The van der Waals surface area contributed by atoms with Crippen LogP contribution < -0.4 is 10.4 Å². The number of aliphatic hydroxyl groups excluding tert-OH is 3. The third kappa shape index (κ3) is 3.62. The van der Waals surface area contributed by atoms with Crippen molar-refractivity contribution >= 4 is 16.9 Å². The van der Waals surface area contributed by atoms with Gasteiger partial charge in [0.1, 0.15) is 29.6 Å². The van der Waals surface area contributed by atoms with Crippen molar-refractivity contribution in [3.8, 4) is 5.75 Å². The Balaban J connectivity index is 1.65. The molecule has 0 unspecified atom stereocenters. The lowest BCUT2D eigenvalue weighted by Gasteiger charge is -2.38. The predicted molar refractivity (Wildman–Crippen MR) is 98.7 cm³/mol. The molecule has 0 spiro atoms. The molecule has 156 valence electrons. The van der Waals surface area contributed by atoms with Crippen LogP contribution in [0.2, 0.25) is 0 Å². The van der Waals surface area contributed by atoms with Crippen LogP contribution in [0.4, 0.5) is 0 Å². The Morgan fingerprint density at radius 2 is 1.72 bits per heavy atom. The summed E-state index contributed by atoms with van der Waals surface area (Å²) in [6, 6.07) is 4.80. The Morgan fingerprint density at radius 3 is 2.45 bits per heavy atom. The molecule has 9 heteroatoms. The van der Waals surface area contributed by atoms with Gasteiger partial charge in [0.15, 0.2) is 6.10 Å². The van der Waals surface area contributed by atoms with E-state index >= 15 is 0 Å². The zero-order valence-electron chi connectivity index (χ0n) is 15.5. The van der Waals surface area contributed by atoms with Crippen LogP contribution in [0.25, 0.3) is 11.0 Å². The van der Waals surface area contributed by atoms with Gasteiger partial charge < -0.3 is 34.3 Å². The Kier molecular flexibility index (Phi) is 5.30. The fourth-order valence-corrected chi connectivity index (χ4v) is 3.96. The van der Waals surface area contributed by atoms with Gasteiger partial charge in [-0.2, -0.15) is 0 Å². The molecular formula is C20H22O9. The number of carbonyl (C=O) groups is 1. The molecule has 2 aromatic rings. The van der Waals surface area contributed by atoms with E-state index in [2.05, 4.69) is 0 Å². The van der Waals surface area contributed by atoms with Crippen LogP contribution in [0.15, 0.2) is 27.4 Å². The average molecular weight is 406 g/mol. The molecule has 4 rings (SSSR count). The lowest BCUT2D eigenvalue weighted by atomic mass is 9.99. The molecular weight excluding hydrogens is 384 g/mol. The molecule has 29 heavy (non-hydrogen) atoms. The summed E-state index contributed by atoms with van der Waals surface area (Å²) in [4.78, 5) is 23.6. The van der Waals surface area contributed by atoms with E-state index in [0.717, 1.165) is 36.6 Å². The summed E-state index contributed by atoms with van der Waals surface area (Å²) in [7, 11) is 0. The number of rotatable bonds is 3. The van der Waals surface area contributed by atoms with E-state index in [1.807, 2.05) is 0 Å². The maximum absolute atomic E-state index is 12.4. The normalized spacial score (nSPS) is 29.8. The lowest BCUT2D eigenvalue weighted by molar-refractivity contribution is -0.271. The zero-order chi connectivity index (χ0) is 20.7. The molecule has 4 N–H and O–H groups in total. The summed E-state index contributed by atoms with van der Waals surface area (Å²) in [6.07, 6.45) is -4.06. The number of benzene rings is 1. The molecule has 1 aromatic carbocycles. The number of ether oxygens (including phenoxy) is 2. The second-order valence-corrected chi connectivity index (χ2v) is 7.42. The van der Waals surface area contributed by atoms with Gasteiger partial charge in [-0.15, -0.1) is 0 Å². The number of carboxylic acid groups (broad SMARTS) is 1. The third-order valence-corrected chi connectivity index (χ3v) is 5.51. The highest BCUT2D eigenvalue weighted by Crippen LogP contribution is 2.30. The van der Waals surface area contributed by atoms with Gasteiger partial charge in [-0.3, -0.25) is 0 Å². The highest BCUT2D eigenvalue weighted by atomic mass is 16.7. The molecule has 0 radical (unpaired) electrons. The number of aliphatic hydroxyl groups is 3. The summed E-state index contributed by atoms with van der Waals surface area (Å²) < 4.78 is 16.1. The highest BCUT2D eigenvalue weighted by Gasteiger charge is 2.48. The van der Waals surface area contributed by atoms with Gasteiger partial charge in [-0.25, -0.2) is 9.59 Å². The summed E-state index contributed by atoms with van der Waals surface area (Å²) in [5.41, 5.74) is 1.61. The van der Waals surface area contributed by atoms with Crippen molar-refractivity contribution in [3.05, 3.63) is 39.7 Å². The van der Waals surface area contributed by atoms with Gasteiger partial charge in [0.2, 0.25) is 6.29 Å². The van der Waals surface area contributed by atoms with Gasteiger partial charge in [-0.05, 0) is 43.4 Å². The first kappa shape index (κ1) is 19.8. The Bertz CT molecular complexity index is 982. The van der Waals surface area contributed by atoms with Gasteiger partial charge in [0.05, 0.1) is 0 Å². The second-order valence-electron chi connectivity index (χ2n) is 7.42. The van der Waals surface area contributed by atoms with Crippen molar-refractivity contribution in [1.29, 1.82) is 0 Å². The zero-order valence-corrected chi connectivity index (χ0v) is 15.5. The molecule has 9 nitrogen and oxygen atoms in total. The van der Waals surface area contributed by atoms with E-state index in [1.165, 1.54) is 6.07 Å². The van der Waals surface area contributed by atoms with E-state index < -0.39 is 36.7 Å². The Hall–Kier alpha value is -2.46. The van der Waals surface area contributed by atoms with Gasteiger partial charge in [0, 0.05) is 17.0 Å². The van der Waals surface area contributed by atoms with Crippen molar-refractivity contribution in [1.82, 2.24) is 0 Å². The number of aliphatic carboxylic acids is 1. The number of fused-ring (bicyclic) bond motifs is 3. The topological polar surface area (TPSA) is 147 Å². The van der Waals surface area contributed by atoms with Gasteiger partial charge >= 0.3 is 11.6 Å². The predicted octanol–water partition coefficient (Wildman–Crippen LogP) is 0.333. The van der Waals surface area contributed by atoms with Crippen LogP contribution in [-0.4, -0.2) is 57.1 Å². The quantitative estimate of drug-likeness (QED) is 0.418. The first-order valence-corrected chi connectivity index (χ1v) is 9.54. The highest BCUT2D eigenvalue weighted by molar-refractivity contribution is 5.82. The van der Waals surface area contributed by atoms with Crippen molar-refractivity contribution in [2.75, 3.05) is 0 Å². The van der Waals surface area contributed by atoms with Crippen LogP contribution in [-0.2, 0) is 22.4 Å². The number of hydrogen-bond acceptors (Lipinski definition) is 8. The Morgan fingerprint density at radius 1 is 1.00 bits per heavy atom. The van der Waals surface area contributed by atoms with Crippen LogP contribution in [0.3, 0.4) is 0 Å². The average Bonchev–Trinajstić information content (AvgIpc) is 2.95. The number of aryl methyl sites for hydroxylation is 1. The van der Waals surface area contributed by atoms with Crippen molar-refractivity contribution < 1.29 is 39.1 Å². The maximum atomic E-state index is 12.4. The summed E-state index contributed by atoms with van der Waals surface area (Å²) in [5, 5.41) is 39.7. The molecule has 1 aliphatic carbocycles. The molecule has 2 heterocycles. The molecule has 0 bridgehead atoms. The molecule has 5 atom stereocenters. The van der Waals surface area contributed by atoms with E-state index in [1.54, 1.807) is 12.1 Å². The van der Waals surface area contributed by atoms with E-state index in [0.29, 0.717) is 17.6 Å². The van der Waals surface area contributed by atoms with Crippen LogP contribution >= 0.6 is 0 Å². The summed E-state index contributed by atoms with van der Waals surface area (Å²) in [5.74, 6) is -1.34. The molecule has 0 amide bonds. The van der Waals surface area contributed by atoms with Crippen molar-refractivity contribution in [2.45, 2.75) is 62.8 Å². The smallest absolute Gasteiger partial charge is 0.339 e. The molecule has 1 aliphatic heterocycles. The third-order valence-electron chi connectivity index (χ3n) is 5.51. The fourth-order valence-electron chi connectivity index (χ4n) is 3.96. The summed E-state index contributed by atoms with van der Waals surface area (Å²) in [6.45, 7) is 0. The second kappa shape index (κ2) is 7.75. The minimum absolute atomic E-state index is 0.158. The maximum Gasteiger partial charge on any atom is 0.339 e. The van der Waals surface area contributed by atoms with Crippen LogP contribution in [0, 0.1) is 0 Å². The van der Waals surface area contributed by atoms with Crippen molar-refractivity contribution in [3.63, 3.8) is 0 Å². The molecule has 1 aromatic heterocycles. The molecule has 2 aliphatic rings. The SMILES string of the molecule is O=C(O)[C@H]1O[C@@H](Oc2ccc3c4c(c(=O)oc3c2)CCCCC4)[C@H](O)[C@@H](O)[C@@H]1O. The van der Waals surface area contributed by atoms with Gasteiger partial charge in [0.25, 0.3) is 0 Å². The van der Waals surface area contributed by atoms with Crippen molar-refractivity contribution in [2.24, 2.45) is 0 Å². The minimum Gasteiger partial charge on any atom is -0.479 e. The standard InChI is InChI=1S/C20H22O9/c21-14-15(22)17(18(24)25)29-20(16(14)23)27-9-6-7-11-10-4-2-1-3-5-12(10)19(26)28-13(11)8-9/h6-8,14-17,20-23H,1-5H2,(H,24,25)/t14-,15-,16+,17-,20+/m0/s1. The first-order valence-electron chi connectivity index (χ1n) is 9.54. The Labute approximate surface area is 165 Å². The van der Waals surface area contributed by atoms with E-state index in [-0.39, 0.29) is 11.4 Å². The van der Waals surface area contributed by atoms with E-state index in [9.17, 15) is 24.9 Å². The van der Waals surface area contributed by atoms with Gasteiger partial charge in [-0.1, -0.05) is 6.42 Å². The molecule has 1 fully saturated rings. The van der Waals surface area contributed by atoms with E-state index in [4.69, 9.17) is 19.0 Å². The minimum atomic E-state index is -1.80. The van der Waals surface area contributed by atoms with Crippen LogP contribution in [0.1, 0.15) is 30.4 Å². The largest absolute Gasteiger partial charge is 0.479 e. The first-order chi connectivity index (χ1) is 13.9. The summed E-state index contributed by atoms with van der Waals surface area (Å²) >= 11 is 0. The fraction of sp³-hybridized carbons (Fsp3) is 0.500. The lowest BCUT2D eigenvalue weighted by Crippen LogP contribution is -2.61. The number of hydrogen-bond donors (Lipinski definition) is 4. The molecule has 1 saturated heterocycles. The molecule has 0 saturated carbocycles. The monoisotopic (exact) mass is 406 g/mol. The van der Waals surface area contributed by atoms with Crippen LogP contribution in [0.5, 0.6) is 5.75 Å². The number of carboxylic acids is 1.